The fourth-order valence-corrected chi connectivity index (χ4v) is 3.06. The molecule has 0 aliphatic heterocycles. The number of nitro benzene ring substituents is 1. The van der Waals surface area contributed by atoms with Crippen molar-refractivity contribution in [2.45, 2.75) is 4.90 Å². The Labute approximate surface area is 190 Å². The molecular formula is C12H8N4Na2O7S. The Morgan fingerprint density at radius 3 is 2.19 bits per heavy atom. The number of hydrogen-bond donors (Lipinski definition) is 1. The fourth-order valence-electron chi connectivity index (χ4n) is 2.29. The van der Waals surface area contributed by atoms with Gasteiger partial charge in [-0.2, -0.15) is 0 Å². The van der Waals surface area contributed by atoms with Crippen LogP contribution in [0.3, 0.4) is 0 Å². The molecule has 0 spiro atoms. The van der Waals surface area contributed by atoms with Gasteiger partial charge in [-0.1, -0.05) is 12.1 Å². The van der Waals surface area contributed by atoms with Gasteiger partial charge in [0.25, 0.3) is 5.69 Å². The zero-order chi connectivity index (χ0) is 16.9. The first kappa shape index (κ1) is 24.9. The number of nitrogens with two attached hydrogens (primary N) is 1. The number of rotatable bonds is 2. The monoisotopic (exact) mass is 398 g/mol. The second-order valence-corrected chi connectivity index (χ2v) is 6.11. The number of primary sulfonamides is 1. The summed E-state index contributed by atoms with van der Waals surface area (Å²) in [6, 6.07) is 4.62. The quantitative estimate of drug-likeness (QED) is 0.189. The summed E-state index contributed by atoms with van der Waals surface area (Å²) in [6.07, 6.45) is 0. The Balaban J connectivity index is 0.00000208. The molecular weight excluding hydrogens is 390 g/mol. The number of aromatic nitrogens is 2. The summed E-state index contributed by atoms with van der Waals surface area (Å²) in [4.78, 5) is 16.9. The normalized spacial score (nSPS) is 10.5. The van der Waals surface area contributed by atoms with Crippen LogP contribution in [0.2, 0.25) is 0 Å². The van der Waals surface area contributed by atoms with Crippen LogP contribution < -0.4 is 74.5 Å². The molecule has 14 heteroatoms. The minimum Gasteiger partial charge on any atom is -0.858 e. The summed E-state index contributed by atoms with van der Waals surface area (Å²) in [5, 5.41) is 38.8. The maximum Gasteiger partial charge on any atom is 1.00 e. The predicted molar refractivity (Wildman–Crippen MR) is 77.6 cm³/mol. The van der Waals surface area contributed by atoms with Gasteiger partial charge in [-0.05, 0) is 17.8 Å². The third-order valence-electron chi connectivity index (χ3n) is 3.18. The Morgan fingerprint density at radius 1 is 1.08 bits per heavy atom. The average molecular weight is 398 g/mol. The van der Waals surface area contributed by atoms with Crippen LogP contribution in [0.4, 0.5) is 5.69 Å². The molecule has 0 aliphatic rings. The smallest absolute Gasteiger partial charge is 0.858 e. The van der Waals surface area contributed by atoms with Crippen LogP contribution >= 0.6 is 0 Å². The van der Waals surface area contributed by atoms with E-state index in [1.54, 1.807) is 0 Å². The van der Waals surface area contributed by atoms with Crippen molar-refractivity contribution in [2.75, 3.05) is 0 Å². The Bertz CT molecular complexity index is 1110. The van der Waals surface area contributed by atoms with E-state index in [0.717, 1.165) is 12.1 Å². The number of non-ortho nitro benzene ring substituents is 1. The molecule has 0 radical (unpaired) electrons. The number of benzene rings is 2. The molecule has 0 unspecified atom stereocenters. The van der Waals surface area contributed by atoms with Crippen LogP contribution in [0, 0.1) is 10.1 Å². The molecule has 0 atom stereocenters. The third kappa shape index (κ3) is 4.24. The first-order valence-electron chi connectivity index (χ1n) is 5.99. The third-order valence-corrected chi connectivity index (χ3v) is 4.13. The summed E-state index contributed by atoms with van der Waals surface area (Å²) >= 11 is 0. The van der Waals surface area contributed by atoms with Gasteiger partial charge in [0.2, 0.25) is 10.0 Å². The van der Waals surface area contributed by atoms with Gasteiger partial charge in [-0.3, -0.25) is 20.1 Å². The van der Waals surface area contributed by atoms with Crippen molar-refractivity contribution in [1.82, 2.24) is 9.97 Å². The second kappa shape index (κ2) is 8.73. The summed E-state index contributed by atoms with van der Waals surface area (Å²) in [7, 11) is -4.26. The molecule has 4 N–H and O–H groups in total. The SMILES string of the molecule is NS(=O)(=O)c1cccc2c1c([N+](=O)[O-])cc1nc([O-])c([O-])nc12.O.[Na+].[Na+]. The van der Waals surface area contributed by atoms with Gasteiger partial charge in [0, 0.05) is 11.5 Å². The molecule has 11 nitrogen and oxygen atoms in total. The molecule has 26 heavy (non-hydrogen) atoms. The van der Waals surface area contributed by atoms with E-state index >= 15 is 0 Å². The standard InChI is InChI=1S/C12H8N4O6S.2Na.H2O/c13-23(21,22)8-3-1-2-5-9(8)7(16(19)20)4-6-10(5)15-12(18)11(17)14-6;;;/h1-4H,(H,14,17)(H,15,18)(H2,13,21,22);;;1H2/q;2*+1;/p-2. The molecule has 0 aliphatic carbocycles. The van der Waals surface area contributed by atoms with Crippen molar-refractivity contribution in [3.05, 3.63) is 34.4 Å². The van der Waals surface area contributed by atoms with E-state index < -0.39 is 37.3 Å². The topological polar surface area (TPSA) is 207 Å². The van der Waals surface area contributed by atoms with Crippen LogP contribution in [0.25, 0.3) is 21.8 Å². The second-order valence-electron chi connectivity index (χ2n) is 4.58. The number of nitro groups is 1. The van der Waals surface area contributed by atoms with Crippen molar-refractivity contribution in [3.8, 4) is 11.8 Å². The molecule has 1 heterocycles. The van der Waals surface area contributed by atoms with E-state index in [-0.39, 0.29) is 86.4 Å². The van der Waals surface area contributed by atoms with Gasteiger partial charge in [-0.25, -0.2) is 13.6 Å². The minimum atomic E-state index is -4.26. The zero-order valence-corrected chi connectivity index (χ0v) is 18.4. The van der Waals surface area contributed by atoms with E-state index in [1.807, 2.05) is 0 Å². The molecule has 0 saturated heterocycles. The van der Waals surface area contributed by atoms with Gasteiger partial charge >= 0.3 is 59.1 Å². The molecule has 0 fully saturated rings. The van der Waals surface area contributed by atoms with Crippen molar-refractivity contribution in [2.24, 2.45) is 5.14 Å². The van der Waals surface area contributed by atoms with E-state index in [1.165, 1.54) is 12.1 Å². The number of sulfonamides is 1. The van der Waals surface area contributed by atoms with Gasteiger partial charge in [-0.15, -0.1) is 0 Å². The van der Waals surface area contributed by atoms with E-state index in [4.69, 9.17) is 5.14 Å². The van der Waals surface area contributed by atoms with Crippen LogP contribution in [-0.4, -0.2) is 28.8 Å². The van der Waals surface area contributed by atoms with E-state index in [9.17, 15) is 28.7 Å². The maximum absolute atomic E-state index is 11.7. The van der Waals surface area contributed by atoms with E-state index in [2.05, 4.69) is 9.97 Å². The summed E-state index contributed by atoms with van der Waals surface area (Å²) in [5.74, 6) is -2.30. The Morgan fingerprint density at radius 2 is 1.65 bits per heavy atom. The average Bonchev–Trinajstić information content (AvgIpc) is 2.46. The molecule has 0 saturated carbocycles. The van der Waals surface area contributed by atoms with Crippen molar-refractivity contribution in [1.29, 1.82) is 0 Å². The molecule has 0 bridgehead atoms. The maximum atomic E-state index is 11.7. The summed E-state index contributed by atoms with van der Waals surface area (Å²) in [5.41, 5.74) is -0.898. The molecule has 2 aromatic carbocycles. The Hall–Kier alpha value is -1.09. The van der Waals surface area contributed by atoms with Crippen molar-refractivity contribution < 1.29 is 88.1 Å². The van der Waals surface area contributed by atoms with Crippen LogP contribution in [-0.2, 0) is 10.0 Å². The van der Waals surface area contributed by atoms with Gasteiger partial charge < -0.3 is 15.7 Å². The Kier molecular flexibility index (Phi) is 8.37. The zero-order valence-electron chi connectivity index (χ0n) is 13.6. The van der Waals surface area contributed by atoms with Crippen molar-refractivity contribution >= 4 is 37.5 Å². The van der Waals surface area contributed by atoms with Crippen LogP contribution in [0.5, 0.6) is 11.8 Å². The number of hydrogen-bond acceptors (Lipinski definition) is 8. The number of nitrogens with zero attached hydrogens (tertiary/aromatic N) is 3. The minimum absolute atomic E-state index is 0. The summed E-state index contributed by atoms with van der Waals surface area (Å²) in [6.45, 7) is 0. The van der Waals surface area contributed by atoms with Gasteiger partial charge in [0.05, 0.1) is 26.2 Å². The largest absolute Gasteiger partial charge is 1.00 e. The molecule has 126 valence electrons. The summed E-state index contributed by atoms with van der Waals surface area (Å²) < 4.78 is 23.4. The first-order chi connectivity index (χ1) is 10.7. The van der Waals surface area contributed by atoms with Gasteiger partial charge in [0.1, 0.15) is 0 Å². The van der Waals surface area contributed by atoms with E-state index in [0.29, 0.717) is 0 Å². The first-order valence-corrected chi connectivity index (χ1v) is 7.53. The molecule has 3 aromatic rings. The predicted octanol–water partition coefficient (Wildman–Crippen LogP) is -7.33. The van der Waals surface area contributed by atoms with Crippen LogP contribution in [0.1, 0.15) is 0 Å². The fraction of sp³-hybridized carbons (Fsp3) is 0. The van der Waals surface area contributed by atoms with Crippen LogP contribution in [0.15, 0.2) is 29.2 Å². The molecule has 3 rings (SSSR count). The van der Waals surface area contributed by atoms with Crippen molar-refractivity contribution in [3.63, 3.8) is 0 Å². The van der Waals surface area contributed by atoms with Gasteiger partial charge in [0.15, 0.2) is 0 Å². The molecule has 0 amide bonds. The molecule has 1 aromatic heterocycles. The number of fused-ring (bicyclic) bond motifs is 3.